The summed E-state index contributed by atoms with van der Waals surface area (Å²) < 4.78 is 11.3. The molecule has 2 rings (SSSR count). The molecule has 6 nitrogen and oxygen atoms in total. The van der Waals surface area contributed by atoms with Crippen molar-refractivity contribution < 1.29 is 19.0 Å². The van der Waals surface area contributed by atoms with Gasteiger partial charge in [-0.2, -0.15) is 5.90 Å². The molecule has 14 heavy (non-hydrogen) atoms. The van der Waals surface area contributed by atoms with Crippen molar-refractivity contribution >= 4 is 23.1 Å². The van der Waals surface area contributed by atoms with Gasteiger partial charge in [0.05, 0.1) is 6.42 Å². The molecule has 0 aromatic heterocycles. The Morgan fingerprint density at radius 1 is 1.79 bits per heavy atom. The van der Waals surface area contributed by atoms with E-state index in [1.54, 1.807) is 0 Å². The van der Waals surface area contributed by atoms with Crippen LogP contribution in [0.15, 0.2) is 11.8 Å². The summed E-state index contributed by atoms with van der Waals surface area (Å²) in [5.74, 6) is 3.99. The molecule has 0 saturated carbocycles. The van der Waals surface area contributed by atoms with E-state index in [4.69, 9.17) is 5.90 Å². The topological polar surface area (TPSA) is 95.7 Å². The number of hydrogen-bond donors (Lipinski definition) is 1. The molecular formula is C7H8N2O4S. The van der Waals surface area contributed by atoms with Gasteiger partial charge in [0, 0.05) is 0 Å². The fourth-order valence-electron chi connectivity index (χ4n) is 1.50. The summed E-state index contributed by atoms with van der Waals surface area (Å²) in [6.45, 7) is 0. The lowest BCUT2D eigenvalue weighted by Gasteiger charge is -2.42. The van der Waals surface area contributed by atoms with Gasteiger partial charge in [-0.05, 0) is 17.3 Å². The zero-order chi connectivity index (χ0) is 10.3. The Morgan fingerprint density at radius 3 is 3.07 bits per heavy atom. The Labute approximate surface area is 82.8 Å². The van der Waals surface area contributed by atoms with E-state index in [9.17, 15) is 14.1 Å². The standard InChI is InChI=1S/C7H8N2O4S/c8-13-7(11)4-1-2-14(12)6-3-5(10)9(4)6/h1,6H,2-3,8H2/t6-,14?/m0/s1. The highest BCUT2D eigenvalue weighted by Crippen LogP contribution is 2.33. The highest BCUT2D eigenvalue weighted by Gasteiger charge is 2.50. The largest absolute Gasteiger partial charge is 0.614 e. The van der Waals surface area contributed by atoms with Crippen LogP contribution in [0.3, 0.4) is 0 Å². The van der Waals surface area contributed by atoms with E-state index in [-0.39, 0.29) is 29.2 Å². The summed E-state index contributed by atoms with van der Waals surface area (Å²) in [6.07, 6.45) is 1.64. The van der Waals surface area contributed by atoms with Gasteiger partial charge in [0.2, 0.25) is 11.3 Å². The van der Waals surface area contributed by atoms with Gasteiger partial charge in [-0.3, -0.25) is 9.69 Å². The third-order valence-electron chi connectivity index (χ3n) is 2.23. The predicted octanol–water partition coefficient (Wildman–Crippen LogP) is -1.39. The minimum absolute atomic E-state index is 0.105. The first-order chi connectivity index (χ1) is 6.65. The Balaban J connectivity index is 2.25. The average Bonchev–Trinajstić information content (AvgIpc) is 2.17. The number of carbonyl (C=O) groups is 2. The van der Waals surface area contributed by atoms with Crippen LogP contribution in [0.4, 0.5) is 0 Å². The average molecular weight is 216 g/mol. The van der Waals surface area contributed by atoms with Crippen LogP contribution in [-0.4, -0.2) is 32.5 Å². The van der Waals surface area contributed by atoms with Crippen molar-refractivity contribution in [2.24, 2.45) is 5.90 Å². The molecule has 0 bridgehead atoms. The summed E-state index contributed by atoms with van der Waals surface area (Å²) >= 11 is -1.11. The van der Waals surface area contributed by atoms with Gasteiger partial charge in [-0.25, -0.2) is 4.79 Å². The molecular weight excluding hydrogens is 208 g/mol. The van der Waals surface area contributed by atoms with Crippen LogP contribution >= 0.6 is 0 Å². The number of hydrogen-bond acceptors (Lipinski definition) is 5. The van der Waals surface area contributed by atoms with E-state index in [0.29, 0.717) is 0 Å². The predicted molar refractivity (Wildman–Crippen MR) is 46.6 cm³/mol. The van der Waals surface area contributed by atoms with E-state index < -0.39 is 17.1 Å². The zero-order valence-electron chi connectivity index (χ0n) is 7.13. The number of nitrogens with zero attached hydrogens (tertiary/aromatic N) is 1. The smallest absolute Gasteiger partial charge is 0.373 e. The number of carbonyl (C=O) groups excluding carboxylic acids is 2. The maximum Gasteiger partial charge on any atom is 0.373 e. The van der Waals surface area contributed by atoms with Gasteiger partial charge >= 0.3 is 5.97 Å². The van der Waals surface area contributed by atoms with Crippen molar-refractivity contribution in [2.45, 2.75) is 11.8 Å². The van der Waals surface area contributed by atoms with Crippen molar-refractivity contribution in [2.75, 3.05) is 5.75 Å². The zero-order valence-corrected chi connectivity index (χ0v) is 7.95. The van der Waals surface area contributed by atoms with E-state index in [1.807, 2.05) is 0 Å². The Hall–Kier alpha value is -1.05. The quantitative estimate of drug-likeness (QED) is 0.330. The number of rotatable bonds is 1. The van der Waals surface area contributed by atoms with Crippen LogP contribution in [0.25, 0.3) is 0 Å². The molecule has 0 spiro atoms. The maximum absolute atomic E-state index is 11.3. The first kappa shape index (κ1) is 9.50. The highest BCUT2D eigenvalue weighted by molar-refractivity contribution is 7.92. The second-order valence-electron chi connectivity index (χ2n) is 2.96. The molecule has 7 heteroatoms. The Kier molecular flexibility index (Phi) is 2.22. The lowest BCUT2D eigenvalue weighted by molar-refractivity contribution is -0.149. The Morgan fingerprint density at radius 2 is 2.50 bits per heavy atom. The normalized spacial score (nSPS) is 30.3. The van der Waals surface area contributed by atoms with Gasteiger partial charge in [-0.15, -0.1) is 0 Å². The fraction of sp³-hybridized carbons (Fsp3) is 0.429. The van der Waals surface area contributed by atoms with Crippen molar-refractivity contribution in [1.82, 2.24) is 4.90 Å². The van der Waals surface area contributed by atoms with Crippen molar-refractivity contribution in [3.8, 4) is 0 Å². The van der Waals surface area contributed by atoms with Crippen molar-refractivity contribution in [3.63, 3.8) is 0 Å². The van der Waals surface area contributed by atoms with E-state index in [1.165, 1.54) is 11.0 Å². The summed E-state index contributed by atoms with van der Waals surface area (Å²) in [5, 5.41) is -0.374. The van der Waals surface area contributed by atoms with Crippen LogP contribution < -0.4 is 5.90 Å². The molecule has 0 aromatic rings. The number of nitrogens with two attached hydrogens (primary N) is 1. The van der Waals surface area contributed by atoms with Gasteiger partial charge in [0.15, 0.2) is 0 Å². The van der Waals surface area contributed by atoms with Crippen LogP contribution in [0, 0.1) is 0 Å². The minimum Gasteiger partial charge on any atom is -0.614 e. The highest BCUT2D eigenvalue weighted by atomic mass is 32.2. The molecule has 2 N–H and O–H groups in total. The van der Waals surface area contributed by atoms with Crippen molar-refractivity contribution in [3.05, 3.63) is 11.8 Å². The molecule has 0 aromatic carbocycles. The monoisotopic (exact) mass is 216 g/mol. The Bertz CT molecular complexity index is 330. The molecule has 1 amide bonds. The molecule has 1 fully saturated rings. The van der Waals surface area contributed by atoms with Crippen LogP contribution in [0.5, 0.6) is 0 Å². The molecule has 2 aliphatic rings. The lowest BCUT2D eigenvalue weighted by atomic mass is 10.1. The van der Waals surface area contributed by atoms with Gasteiger partial charge in [-0.1, -0.05) is 0 Å². The van der Waals surface area contributed by atoms with E-state index in [2.05, 4.69) is 4.84 Å². The number of amides is 1. The van der Waals surface area contributed by atoms with Crippen molar-refractivity contribution in [1.29, 1.82) is 0 Å². The second kappa shape index (κ2) is 3.26. The minimum atomic E-state index is -1.11. The second-order valence-corrected chi connectivity index (χ2v) is 4.60. The molecule has 2 atom stereocenters. The summed E-state index contributed by atoms with van der Waals surface area (Å²) in [6, 6.07) is 0. The summed E-state index contributed by atoms with van der Waals surface area (Å²) in [7, 11) is 0. The van der Waals surface area contributed by atoms with E-state index >= 15 is 0 Å². The molecule has 1 unspecified atom stereocenters. The molecule has 0 radical (unpaired) electrons. The third-order valence-corrected chi connectivity index (χ3v) is 3.71. The van der Waals surface area contributed by atoms with Gasteiger partial charge in [0.25, 0.3) is 0 Å². The lowest BCUT2D eigenvalue weighted by Crippen LogP contribution is -2.59. The van der Waals surface area contributed by atoms with Gasteiger partial charge in [0.1, 0.15) is 11.4 Å². The van der Waals surface area contributed by atoms with Gasteiger partial charge < -0.3 is 9.39 Å². The van der Waals surface area contributed by atoms with Crippen LogP contribution in [-0.2, 0) is 25.6 Å². The third kappa shape index (κ3) is 1.21. The summed E-state index contributed by atoms with van der Waals surface area (Å²) in [4.78, 5) is 27.5. The maximum atomic E-state index is 11.3. The molecule has 0 aliphatic carbocycles. The summed E-state index contributed by atoms with van der Waals surface area (Å²) in [5.41, 5.74) is 0.105. The SMILES string of the molecule is NOC(=O)C1=CC[S+]([O-])[C@H]2CC(=O)N12. The fourth-order valence-corrected chi connectivity index (χ4v) is 2.84. The number of fused-ring (bicyclic) bond motifs is 1. The molecule has 76 valence electrons. The molecule has 1 saturated heterocycles. The van der Waals surface area contributed by atoms with E-state index in [0.717, 1.165) is 0 Å². The molecule has 2 aliphatic heterocycles. The van der Waals surface area contributed by atoms with Crippen LogP contribution in [0.2, 0.25) is 0 Å². The first-order valence-electron chi connectivity index (χ1n) is 3.95. The molecule has 2 heterocycles. The number of β-lactam (4-membered cyclic amide) rings is 1. The van der Waals surface area contributed by atoms with Crippen LogP contribution in [0.1, 0.15) is 6.42 Å². The first-order valence-corrected chi connectivity index (χ1v) is 5.34.